The van der Waals surface area contributed by atoms with Crippen LogP contribution in [-0.2, 0) is 11.3 Å². The van der Waals surface area contributed by atoms with E-state index in [-0.39, 0.29) is 11.7 Å². The second-order valence-electron chi connectivity index (χ2n) is 6.99. The fourth-order valence-electron chi connectivity index (χ4n) is 3.21. The molecule has 1 aromatic heterocycles. The molecule has 1 aliphatic rings. The van der Waals surface area contributed by atoms with Crippen LogP contribution in [0.25, 0.3) is 0 Å². The van der Waals surface area contributed by atoms with Gasteiger partial charge in [0.2, 0.25) is 0 Å². The summed E-state index contributed by atoms with van der Waals surface area (Å²) in [5.74, 6) is 0.144. The van der Waals surface area contributed by atoms with E-state index in [0.29, 0.717) is 23.6 Å². The quantitative estimate of drug-likeness (QED) is 0.374. The van der Waals surface area contributed by atoms with Gasteiger partial charge < -0.3 is 9.73 Å². The summed E-state index contributed by atoms with van der Waals surface area (Å²) in [6, 6.07) is 17.8. The number of thioether (sulfide) groups is 1. The lowest BCUT2D eigenvalue weighted by Gasteiger charge is -2.09. The Morgan fingerprint density at radius 2 is 1.94 bits per heavy atom. The highest BCUT2D eigenvalue weighted by Crippen LogP contribution is 2.31. The van der Waals surface area contributed by atoms with Crippen molar-refractivity contribution in [2.24, 2.45) is 4.99 Å². The molecule has 4 rings (SSSR count). The highest BCUT2D eigenvalue weighted by Gasteiger charge is 2.16. The van der Waals surface area contributed by atoms with Crippen LogP contribution in [0.3, 0.4) is 0 Å². The molecule has 0 radical (unpaired) electrons. The van der Waals surface area contributed by atoms with Crippen molar-refractivity contribution in [2.75, 3.05) is 0 Å². The van der Waals surface area contributed by atoms with E-state index in [9.17, 15) is 9.18 Å². The van der Waals surface area contributed by atoms with E-state index in [4.69, 9.17) is 9.41 Å². The summed E-state index contributed by atoms with van der Waals surface area (Å²) >= 11 is 1.54. The van der Waals surface area contributed by atoms with Crippen LogP contribution < -0.4 is 5.32 Å². The summed E-state index contributed by atoms with van der Waals surface area (Å²) in [5, 5.41) is 4.78. The fourth-order valence-corrected chi connectivity index (χ4v) is 4.03. The molecule has 1 aliphatic heterocycles. The first-order chi connectivity index (χ1) is 15.6. The van der Waals surface area contributed by atoms with E-state index in [1.165, 1.54) is 23.9 Å². The Hall–Kier alpha value is -3.64. The van der Waals surface area contributed by atoms with Crippen molar-refractivity contribution in [3.8, 4) is 0 Å². The van der Waals surface area contributed by atoms with Crippen LogP contribution in [0.5, 0.6) is 0 Å². The molecule has 32 heavy (non-hydrogen) atoms. The van der Waals surface area contributed by atoms with Gasteiger partial charge in [-0.25, -0.2) is 9.38 Å². The minimum absolute atomic E-state index is 0.231. The molecule has 0 aliphatic carbocycles. The Balaban J connectivity index is 1.69. The number of aliphatic imine (C=N–C) groups is 1. The number of halogens is 1. The summed E-state index contributed by atoms with van der Waals surface area (Å²) in [6.45, 7) is 2.15. The lowest BCUT2D eigenvalue weighted by atomic mass is 10.0. The minimum Gasteiger partial charge on any atom is -0.467 e. The largest absolute Gasteiger partial charge is 0.467 e. The first-order valence-corrected chi connectivity index (χ1v) is 11.0. The van der Waals surface area contributed by atoms with Gasteiger partial charge in [0.05, 0.1) is 24.2 Å². The number of hydrogen-bond donors (Lipinski definition) is 1. The van der Waals surface area contributed by atoms with Crippen molar-refractivity contribution in [3.63, 3.8) is 0 Å². The number of benzene rings is 2. The minimum atomic E-state index is -0.301. The number of nitrogens with one attached hydrogen (secondary N) is 1. The topological polar surface area (TPSA) is 54.6 Å². The summed E-state index contributed by atoms with van der Waals surface area (Å²) in [5.41, 5.74) is 3.59. The van der Waals surface area contributed by atoms with Crippen molar-refractivity contribution in [3.05, 3.63) is 125 Å². The second kappa shape index (κ2) is 10.1. The number of allylic oxidation sites excluding steroid dienone is 2. The van der Waals surface area contributed by atoms with Crippen molar-refractivity contribution in [2.45, 2.75) is 18.4 Å². The summed E-state index contributed by atoms with van der Waals surface area (Å²) in [4.78, 5) is 18.7. The molecule has 0 bridgehead atoms. The first-order valence-electron chi connectivity index (χ1n) is 10.1. The average Bonchev–Trinajstić information content (AvgIpc) is 3.26. The maximum atomic E-state index is 13.5. The van der Waals surface area contributed by atoms with Gasteiger partial charge in [-0.2, -0.15) is 0 Å². The van der Waals surface area contributed by atoms with Gasteiger partial charge in [0.25, 0.3) is 5.91 Å². The Bertz CT molecular complexity index is 1220. The maximum Gasteiger partial charge on any atom is 0.251 e. The number of carbonyl (C=O) groups is 1. The van der Waals surface area contributed by atoms with Crippen LogP contribution in [0.15, 0.2) is 116 Å². The summed E-state index contributed by atoms with van der Waals surface area (Å²) in [6.07, 6.45) is 6.87. The summed E-state index contributed by atoms with van der Waals surface area (Å²) < 4.78 is 18.8. The molecule has 0 fully saturated rings. The molecule has 1 N–H and O–H groups in total. The van der Waals surface area contributed by atoms with Gasteiger partial charge in [-0.1, -0.05) is 42.1 Å². The van der Waals surface area contributed by atoms with Crippen molar-refractivity contribution in [1.82, 2.24) is 5.32 Å². The van der Waals surface area contributed by atoms with Gasteiger partial charge in [-0.05, 0) is 55.5 Å². The molecule has 2 aromatic carbocycles. The monoisotopic (exact) mass is 444 g/mol. The van der Waals surface area contributed by atoms with Crippen LogP contribution in [0.2, 0.25) is 0 Å². The highest BCUT2D eigenvalue weighted by molar-refractivity contribution is 8.02. The van der Waals surface area contributed by atoms with Gasteiger partial charge in [0.1, 0.15) is 11.6 Å². The molecule has 2 heterocycles. The summed E-state index contributed by atoms with van der Waals surface area (Å²) in [7, 11) is 0. The number of nitrogens with zero attached hydrogens (tertiary/aromatic N) is 1. The van der Waals surface area contributed by atoms with Crippen molar-refractivity contribution in [1.29, 1.82) is 0 Å². The molecule has 0 unspecified atom stereocenters. The predicted octanol–water partition coefficient (Wildman–Crippen LogP) is 6.02. The Morgan fingerprint density at radius 1 is 1.12 bits per heavy atom. The number of rotatable bonds is 6. The fraction of sp³-hybridized carbons (Fsp3) is 0.0769. The SMILES string of the molecule is C/C=C\C(=C/C1=CSc2ccccc2C(c2ccc(F)cc2)=N1)C(=O)NCc1ccco1. The number of hydrogen-bond acceptors (Lipinski definition) is 4. The first kappa shape index (κ1) is 21.6. The Morgan fingerprint density at radius 3 is 2.69 bits per heavy atom. The molecule has 3 aromatic rings. The highest BCUT2D eigenvalue weighted by atomic mass is 32.2. The number of furan rings is 1. The number of fused-ring (bicyclic) bond motifs is 1. The molecule has 0 atom stereocenters. The number of carbonyl (C=O) groups excluding carboxylic acids is 1. The normalized spacial score (nSPS) is 13.9. The Labute approximate surface area is 190 Å². The van der Waals surface area contributed by atoms with Gasteiger partial charge in [-0.15, -0.1) is 0 Å². The standard InChI is InChI=1S/C26H21FN2O2S/c1-2-6-19(26(30)28-16-22-7-5-14-31-22)15-21-17-32-24-9-4-3-8-23(24)25(29-21)18-10-12-20(27)13-11-18/h2-15,17H,16H2,1H3,(H,28,30)/b6-2-,19-15+. The van der Waals surface area contributed by atoms with E-state index in [1.54, 1.807) is 42.7 Å². The van der Waals surface area contributed by atoms with Crippen LogP contribution in [0, 0.1) is 5.82 Å². The zero-order valence-corrected chi connectivity index (χ0v) is 18.2. The van der Waals surface area contributed by atoms with E-state index < -0.39 is 0 Å². The molecule has 160 valence electrons. The van der Waals surface area contributed by atoms with Crippen molar-refractivity contribution >= 4 is 23.4 Å². The van der Waals surface area contributed by atoms with Gasteiger partial charge in [0, 0.05) is 27.0 Å². The zero-order chi connectivity index (χ0) is 22.3. The number of amides is 1. The third-order valence-corrected chi connectivity index (χ3v) is 5.69. The van der Waals surface area contributed by atoms with Crippen LogP contribution in [0.4, 0.5) is 4.39 Å². The molecule has 1 amide bonds. The molecule has 0 spiro atoms. The molecule has 0 saturated carbocycles. The van der Waals surface area contributed by atoms with Gasteiger partial charge >= 0.3 is 0 Å². The zero-order valence-electron chi connectivity index (χ0n) is 17.4. The van der Waals surface area contributed by atoms with Gasteiger partial charge in [0.15, 0.2) is 0 Å². The van der Waals surface area contributed by atoms with E-state index in [2.05, 4.69) is 5.32 Å². The predicted molar refractivity (Wildman–Crippen MR) is 126 cm³/mol. The third-order valence-electron chi connectivity index (χ3n) is 4.72. The third kappa shape index (κ3) is 5.15. The molecular formula is C26H21FN2O2S. The Kier molecular flexibility index (Phi) is 6.82. The van der Waals surface area contributed by atoms with Crippen LogP contribution >= 0.6 is 11.8 Å². The van der Waals surface area contributed by atoms with Crippen LogP contribution in [-0.4, -0.2) is 11.6 Å². The molecule has 4 nitrogen and oxygen atoms in total. The van der Waals surface area contributed by atoms with Crippen molar-refractivity contribution < 1.29 is 13.6 Å². The lowest BCUT2D eigenvalue weighted by molar-refractivity contribution is -0.117. The second-order valence-corrected chi connectivity index (χ2v) is 7.90. The maximum absolute atomic E-state index is 13.5. The van der Waals surface area contributed by atoms with Gasteiger partial charge in [-0.3, -0.25) is 4.79 Å². The van der Waals surface area contributed by atoms with E-state index in [0.717, 1.165) is 21.7 Å². The van der Waals surface area contributed by atoms with Crippen LogP contribution in [0.1, 0.15) is 23.8 Å². The molecule has 6 heteroatoms. The van der Waals surface area contributed by atoms with E-state index >= 15 is 0 Å². The molecular weight excluding hydrogens is 423 g/mol. The lowest BCUT2D eigenvalue weighted by Crippen LogP contribution is -2.23. The van der Waals surface area contributed by atoms with E-state index in [1.807, 2.05) is 42.7 Å². The average molecular weight is 445 g/mol. The smallest absolute Gasteiger partial charge is 0.251 e. The molecule has 0 saturated heterocycles.